The van der Waals surface area contributed by atoms with Crippen molar-refractivity contribution in [3.05, 3.63) is 161 Å². The number of ether oxygens (including phenoxy) is 1. The fraction of sp³-hybridized carbons (Fsp3) is 0.261. The number of nitrogens with zero attached hydrogens (tertiary/aromatic N) is 2. The van der Waals surface area contributed by atoms with Gasteiger partial charge in [0.25, 0.3) is 17.7 Å². The molecule has 298 valence electrons. The molecule has 2 aliphatic heterocycles. The van der Waals surface area contributed by atoms with Gasteiger partial charge in [0.05, 0.1) is 31.4 Å². The largest absolute Gasteiger partial charge is 0.395 e. The number of halogens is 1. The van der Waals surface area contributed by atoms with Crippen LogP contribution in [-0.2, 0) is 33.0 Å². The molecule has 7 rings (SSSR count). The minimum absolute atomic E-state index is 0.0804. The molecule has 2 heterocycles. The van der Waals surface area contributed by atoms with Gasteiger partial charge in [-0.2, -0.15) is 0 Å². The van der Waals surface area contributed by atoms with Gasteiger partial charge in [0.2, 0.25) is 14.3 Å². The van der Waals surface area contributed by atoms with Crippen molar-refractivity contribution in [2.24, 2.45) is 5.92 Å². The van der Waals surface area contributed by atoms with Crippen LogP contribution >= 0.6 is 0 Å². The summed E-state index contributed by atoms with van der Waals surface area (Å²) in [6, 6.07) is 39.5. The summed E-state index contributed by atoms with van der Waals surface area (Å²) in [7, 11) is -3.63. The highest BCUT2D eigenvalue weighted by atomic mass is 28.4. The van der Waals surface area contributed by atoms with Crippen LogP contribution in [0.1, 0.15) is 50.8 Å². The highest BCUT2D eigenvalue weighted by Crippen LogP contribution is 2.60. The normalized spacial score (nSPS) is 19.8. The van der Waals surface area contributed by atoms with Gasteiger partial charge in [-0.15, -0.1) is 0 Å². The number of benzene rings is 5. The van der Waals surface area contributed by atoms with Gasteiger partial charge < -0.3 is 34.4 Å². The summed E-state index contributed by atoms with van der Waals surface area (Å²) in [5, 5.41) is 15.7. The molecule has 1 saturated heterocycles. The molecule has 0 aliphatic carbocycles. The maximum Gasteiger partial charge on any atom is 0.264 e. The monoisotopic (exact) mass is 798 g/mol. The van der Waals surface area contributed by atoms with E-state index in [1.54, 1.807) is 96.9 Å². The van der Waals surface area contributed by atoms with E-state index in [1.807, 2.05) is 61.5 Å². The average Bonchev–Trinajstić information content (AvgIpc) is 3.64. The van der Waals surface area contributed by atoms with Crippen LogP contribution in [0.5, 0.6) is 0 Å². The van der Waals surface area contributed by atoms with Crippen molar-refractivity contribution in [2.75, 3.05) is 28.7 Å². The summed E-state index contributed by atoms with van der Waals surface area (Å²) in [5.41, 5.74) is 2.25. The van der Waals surface area contributed by atoms with Gasteiger partial charge >= 0.3 is 0 Å². The maximum atomic E-state index is 16.7. The number of nitrogens with one attached hydrogen (secondary N) is 2. The fourth-order valence-corrected chi connectivity index (χ4v) is 11.0. The van der Waals surface area contributed by atoms with Crippen molar-refractivity contribution in [3.8, 4) is 0 Å². The molecule has 2 aliphatic rings. The second-order valence-corrected chi connectivity index (χ2v) is 19.3. The van der Waals surface area contributed by atoms with E-state index < -0.39 is 37.5 Å². The molecule has 12 heteroatoms. The second kappa shape index (κ2) is 16.9. The second-order valence-electron chi connectivity index (χ2n) is 15.5. The molecule has 0 saturated carbocycles. The first-order valence-corrected chi connectivity index (χ1v) is 22.4. The zero-order chi connectivity index (χ0) is 41.0. The zero-order valence-electron chi connectivity index (χ0n) is 32.7. The molecular formula is C46H47FN4O6Si. The van der Waals surface area contributed by atoms with E-state index >= 15 is 8.90 Å². The molecule has 0 aromatic heterocycles. The van der Waals surface area contributed by atoms with Crippen molar-refractivity contribution in [3.63, 3.8) is 0 Å². The van der Waals surface area contributed by atoms with Crippen molar-refractivity contribution < 1.29 is 33.1 Å². The lowest BCUT2D eigenvalue weighted by atomic mass is 9.82. The summed E-state index contributed by atoms with van der Waals surface area (Å²) < 4.78 is 23.6. The Morgan fingerprint density at radius 3 is 1.91 bits per heavy atom. The summed E-state index contributed by atoms with van der Waals surface area (Å²) >= 11 is 0. The Bertz CT molecular complexity index is 2270. The number of hydrogen-bond acceptors (Lipinski definition) is 6. The maximum absolute atomic E-state index is 16.7. The lowest BCUT2D eigenvalue weighted by molar-refractivity contribution is -0.150. The van der Waals surface area contributed by atoms with E-state index in [1.165, 1.54) is 4.90 Å². The molecule has 4 amide bonds. The first kappa shape index (κ1) is 40.3. The first-order chi connectivity index (χ1) is 27.9. The molecule has 5 aromatic carbocycles. The predicted octanol–water partition coefficient (Wildman–Crippen LogP) is 7.92. The SMILES string of the molecule is C[C@@H]1[C@@H]([Si](C)(C)F)[C@H](CC(=O)N(CCO)Cc2ccccc2)O[C@@]12C(=O)N(Cc1ccc(NC(=O)c3ccccc3)cc1)c1ccc(NC(=O)c3ccccc3)cc12. The third-order valence-corrected chi connectivity index (χ3v) is 13.6. The van der Waals surface area contributed by atoms with E-state index in [0.717, 1.165) is 11.1 Å². The number of fused-ring (bicyclic) bond motifs is 2. The minimum atomic E-state index is -3.63. The average molecular weight is 799 g/mol. The minimum Gasteiger partial charge on any atom is -0.395 e. The zero-order valence-corrected chi connectivity index (χ0v) is 33.7. The van der Waals surface area contributed by atoms with Crippen molar-refractivity contribution in [1.29, 1.82) is 0 Å². The molecule has 10 nitrogen and oxygen atoms in total. The number of carbonyl (C=O) groups is 4. The van der Waals surface area contributed by atoms with E-state index in [9.17, 15) is 19.5 Å². The molecule has 1 spiro atoms. The smallest absolute Gasteiger partial charge is 0.264 e. The van der Waals surface area contributed by atoms with Crippen LogP contribution in [0.2, 0.25) is 18.6 Å². The van der Waals surface area contributed by atoms with E-state index in [2.05, 4.69) is 10.6 Å². The van der Waals surface area contributed by atoms with Crippen LogP contribution in [0.3, 0.4) is 0 Å². The molecule has 58 heavy (non-hydrogen) atoms. The molecule has 0 unspecified atom stereocenters. The van der Waals surface area contributed by atoms with Crippen LogP contribution in [0.15, 0.2) is 133 Å². The van der Waals surface area contributed by atoms with Gasteiger partial charge in [0.15, 0.2) is 5.60 Å². The number of anilines is 3. The number of rotatable bonds is 13. The summed E-state index contributed by atoms with van der Waals surface area (Å²) in [6.45, 7) is 5.20. The Morgan fingerprint density at radius 2 is 1.34 bits per heavy atom. The standard InChI is InChI=1S/C46H47FN4O6Si/c1-31-42(58(2,3)47)40(28-41(53)50(25-26-52)29-32-13-7-4-8-14-32)57-46(31)38-27-37(49-44(55)35-17-11-6-12-18-35)23-24-39(38)51(45(46)56)30-33-19-21-36(22-20-33)48-43(54)34-15-9-5-10-16-34/h4-24,27,31,40,42,52H,25-26,28-30H2,1-3H3,(H,48,54)(H,49,55)/t31-,40+,42-,46+/m1/s1. The number of carbonyl (C=O) groups excluding carboxylic acids is 4. The predicted molar refractivity (Wildman–Crippen MR) is 224 cm³/mol. The quantitative estimate of drug-likeness (QED) is 0.0821. The topological polar surface area (TPSA) is 128 Å². The molecule has 1 fully saturated rings. The number of amides is 4. The third-order valence-electron chi connectivity index (χ3n) is 11.2. The lowest BCUT2D eigenvalue weighted by Crippen LogP contribution is -2.45. The van der Waals surface area contributed by atoms with Crippen molar-refractivity contribution >= 4 is 49.1 Å². The Kier molecular flexibility index (Phi) is 11.7. The third kappa shape index (κ3) is 8.22. The van der Waals surface area contributed by atoms with Crippen molar-refractivity contribution in [1.82, 2.24) is 4.90 Å². The first-order valence-electron chi connectivity index (χ1n) is 19.5. The summed E-state index contributed by atoms with van der Waals surface area (Å²) in [6.07, 6.45) is -1.13. The Balaban J connectivity index is 1.22. The molecular weight excluding hydrogens is 752 g/mol. The molecule has 0 radical (unpaired) electrons. The number of aliphatic hydroxyl groups excluding tert-OH is 1. The van der Waals surface area contributed by atoms with E-state index in [-0.39, 0.29) is 50.4 Å². The molecule has 3 N–H and O–H groups in total. The van der Waals surface area contributed by atoms with Crippen LogP contribution in [-0.4, -0.2) is 61.3 Å². The highest BCUT2D eigenvalue weighted by molar-refractivity contribution is 6.72. The van der Waals surface area contributed by atoms with Gasteiger partial charge in [-0.05, 0) is 78.8 Å². The lowest BCUT2D eigenvalue weighted by Gasteiger charge is -2.31. The van der Waals surface area contributed by atoms with Crippen LogP contribution in [0.4, 0.5) is 21.2 Å². The van der Waals surface area contributed by atoms with Gasteiger partial charge in [0.1, 0.15) is 0 Å². The van der Waals surface area contributed by atoms with E-state index in [0.29, 0.717) is 33.8 Å². The van der Waals surface area contributed by atoms with Crippen LogP contribution in [0.25, 0.3) is 0 Å². The van der Waals surface area contributed by atoms with E-state index in [4.69, 9.17) is 4.74 Å². The summed E-state index contributed by atoms with van der Waals surface area (Å²) in [5.74, 6) is -1.98. The highest BCUT2D eigenvalue weighted by Gasteiger charge is 2.67. The molecule has 4 atom stereocenters. The number of aliphatic hydroxyl groups is 1. The van der Waals surface area contributed by atoms with Gasteiger partial charge in [-0.25, -0.2) is 0 Å². The Hall–Kier alpha value is -5.95. The van der Waals surface area contributed by atoms with Gasteiger partial charge in [-0.3, -0.25) is 19.2 Å². The van der Waals surface area contributed by atoms with Crippen LogP contribution < -0.4 is 15.5 Å². The van der Waals surface area contributed by atoms with Gasteiger partial charge in [-0.1, -0.05) is 85.8 Å². The molecule has 5 aromatic rings. The number of hydrogen-bond donors (Lipinski definition) is 3. The Morgan fingerprint density at radius 1 is 0.793 bits per heavy atom. The van der Waals surface area contributed by atoms with Crippen LogP contribution in [0, 0.1) is 5.92 Å². The fourth-order valence-electron chi connectivity index (χ4n) is 8.46. The summed E-state index contributed by atoms with van der Waals surface area (Å²) in [4.78, 5) is 58.4. The van der Waals surface area contributed by atoms with Gasteiger partial charge in [0, 0.05) is 52.6 Å². The molecule has 0 bridgehead atoms. The Labute approximate surface area is 338 Å². The van der Waals surface area contributed by atoms with Crippen molar-refractivity contribution in [2.45, 2.75) is 56.8 Å².